The molecule has 0 aromatic carbocycles. The summed E-state index contributed by atoms with van der Waals surface area (Å²) in [5, 5.41) is 14.5. The molecular formula is C11H17N5. The first-order chi connectivity index (χ1) is 7.86. The molecule has 1 aromatic heterocycles. The minimum Gasteiger partial charge on any atom is -0.370 e. The smallest absolute Gasteiger partial charge is 0.132 e. The summed E-state index contributed by atoms with van der Waals surface area (Å²) in [6.45, 7) is 3.35. The third-order valence-corrected chi connectivity index (χ3v) is 2.10. The van der Waals surface area contributed by atoms with E-state index in [1.807, 2.05) is 12.1 Å². The van der Waals surface area contributed by atoms with Gasteiger partial charge in [-0.1, -0.05) is 19.8 Å². The van der Waals surface area contributed by atoms with Crippen molar-refractivity contribution in [3.8, 4) is 6.07 Å². The second-order valence-corrected chi connectivity index (χ2v) is 3.43. The number of nitrogens with zero attached hydrogens (tertiary/aromatic N) is 3. The molecule has 16 heavy (non-hydrogen) atoms. The van der Waals surface area contributed by atoms with Gasteiger partial charge >= 0.3 is 0 Å². The topological polar surface area (TPSA) is 73.6 Å². The van der Waals surface area contributed by atoms with E-state index in [1.54, 1.807) is 0 Å². The predicted octanol–water partition coefficient (Wildman–Crippen LogP) is 2.01. The van der Waals surface area contributed by atoms with E-state index in [1.165, 1.54) is 19.2 Å². The second kappa shape index (κ2) is 7.46. The lowest BCUT2D eigenvalue weighted by Crippen LogP contribution is -2.06. The summed E-state index contributed by atoms with van der Waals surface area (Å²) in [5.41, 5.74) is 0. The van der Waals surface area contributed by atoms with Crippen LogP contribution in [0.1, 0.15) is 26.2 Å². The minimum atomic E-state index is 0.256. The molecule has 0 bridgehead atoms. The molecule has 2 N–H and O–H groups in total. The molecule has 1 rings (SSSR count). The largest absolute Gasteiger partial charge is 0.370 e. The van der Waals surface area contributed by atoms with E-state index in [0.29, 0.717) is 5.82 Å². The quantitative estimate of drug-likeness (QED) is 0.542. The van der Waals surface area contributed by atoms with Crippen molar-refractivity contribution in [2.45, 2.75) is 26.2 Å². The first-order valence-electron chi connectivity index (χ1n) is 5.53. The van der Waals surface area contributed by atoms with Crippen molar-refractivity contribution in [1.29, 1.82) is 5.26 Å². The van der Waals surface area contributed by atoms with Crippen LogP contribution in [0.2, 0.25) is 0 Å². The fourth-order valence-corrected chi connectivity index (χ4v) is 1.27. The van der Waals surface area contributed by atoms with Gasteiger partial charge < -0.3 is 10.6 Å². The zero-order chi connectivity index (χ0) is 11.6. The molecule has 0 atom stereocenters. The van der Waals surface area contributed by atoms with Crippen LogP contribution in [0.5, 0.6) is 0 Å². The van der Waals surface area contributed by atoms with Crippen LogP contribution in [0, 0.1) is 11.3 Å². The Hall–Kier alpha value is -1.83. The van der Waals surface area contributed by atoms with Crippen LogP contribution in [0.3, 0.4) is 0 Å². The molecule has 0 saturated carbocycles. The lowest BCUT2D eigenvalue weighted by Gasteiger charge is -2.06. The van der Waals surface area contributed by atoms with Crippen molar-refractivity contribution in [3.63, 3.8) is 0 Å². The van der Waals surface area contributed by atoms with Gasteiger partial charge in [0.05, 0.1) is 6.07 Å². The van der Waals surface area contributed by atoms with Gasteiger partial charge in [0.25, 0.3) is 0 Å². The summed E-state index contributed by atoms with van der Waals surface area (Å²) in [6, 6.07) is 3.81. The molecule has 0 aliphatic heterocycles. The molecule has 0 radical (unpaired) electrons. The molecule has 0 amide bonds. The maximum absolute atomic E-state index is 8.43. The van der Waals surface area contributed by atoms with Gasteiger partial charge in [0.1, 0.15) is 24.5 Å². The molecule has 0 aliphatic carbocycles. The number of hydrogen-bond donors (Lipinski definition) is 2. The van der Waals surface area contributed by atoms with E-state index in [9.17, 15) is 0 Å². The van der Waals surface area contributed by atoms with Crippen molar-refractivity contribution < 1.29 is 0 Å². The number of anilines is 2. The van der Waals surface area contributed by atoms with Gasteiger partial charge in [0.15, 0.2) is 0 Å². The van der Waals surface area contributed by atoms with Crippen LogP contribution in [0.15, 0.2) is 12.4 Å². The molecule has 5 heteroatoms. The fourth-order valence-electron chi connectivity index (χ4n) is 1.27. The lowest BCUT2D eigenvalue weighted by molar-refractivity contribution is 0.742. The standard InChI is InChI=1S/C11H17N5/c1-2-3-4-6-13-10-8-11(14-7-5-12)16-9-15-10/h8-9H,2-4,6-7H2,1H3,(H2,13,14,15,16). The average Bonchev–Trinajstić information content (AvgIpc) is 2.33. The molecule has 0 spiro atoms. The molecule has 0 saturated heterocycles. The van der Waals surface area contributed by atoms with Gasteiger partial charge in [0, 0.05) is 12.6 Å². The van der Waals surface area contributed by atoms with Gasteiger partial charge in [-0.05, 0) is 6.42 Å². The SMILES string of the molecule is CCCCCNc1cc(NCC#N)ncn1. The maximum Gasteiger partial charge on any atom is 0.132 e. The Morgan fingerprint density at radius 2 is 2.00 bits per heavy atom. The van der Waals surface area contributed by atoms with E-state index >= 15 is 0 Å². The van der Waals surface area contributed by atoms with Crippen LogP contribution in [0.25, 0.3) is 0 Å². The highest BCUT2D eigenvalue weighted by Crippen LogP contribution is 2.08. The van der Waals surface area contributed by atoms with E-state index in [0.717, 1.165) is 18.8 Å². The molecular weight excluding hydrogens is 202 g/mol. The number of nitrogens with one attached hydrogen (secondary N) is 2. The molecule has 1 aromatic rings. The first kappa shape index (κ1) is 12.2. The lowest BCUT2D eigenvalue weighted by atomic mass is 10.2. The third-order valence-electron chi connectivity index (χ3n) is 2.10. The zero-order valence-electron chi connectivity index (χ0n) is 9.53. The van der Waals surface area contributed by atoms with Crippen molar-refractivity contribution in [1.82, 2.24) is 9.97 Å². The van der Waals surface area contributed by atoms with Crippen LogP contribution in [-0.2, 0) is 0 Å². The minimum absolute atomic E-state index is 0.256. The van der Waals surface area contributed by atoms with Gasteiger partial charge in [-0.25, -0.2) is 9.97 Å². The van der Waals surface area contributed by atoms with Crippen molar-refractivity contribution in [2.24, 2.45) is 0 Å². The van der Waals surface area contributed by atoms with E-state index in [4.69, 9.17) is 5.26 Å². The second-order valence-electron chi connectivity index (χ2n) is 3.43. The number of hydrogen-bond acceptors (Lipinski definition) is 5. The Bertz CT molecular complexity index is 344. The summed E-state index contributed by atoms with van der Waals surface area (Å²) in [4.78, 5) is 8.11. The molecule has 0 fully saturated rings. The molecule has 0 unspecified atom stereocenters. The number of rotatable bonds is 7. The van der Waals surface area contributed by atoms with Crippen LogP contribution >= 0.6 is 0 Å². The van der Waals surface area contributed by atoms with Gasteiger partial charge in [-0.3, -0.25) is 0 Å². The summed E-state index contributed by atoms with van der Waals surface area (Å²) < 4.78 is 0. The Balaban J connectivity index is 2.38. The van der Waals surface area contributed by atoms with Crippen LogP contribution < -0.4 is 10.6 Å². The molecule has 86 valence electrons. The molecule has 0 aliphatic rings. The van der Waals surface area contributed by atoms with Gasteiger partial charge in [-0.2, -0.15) is 5.26 Å². The summed E-state index contributed by atoms with van der Waals surface area (Å²) in [7, 11) is 0. The fraction of sp³-hybridized carbons (Fsp3) is 0.545. The highest BCUT2D eigenvalue weighted by Gasteiger charge is 1.97. The van der Waals surface area contributed by atoms with Crippen LogP contribution in [0.4, 0.5) is 11.6 Å². The Morgan fingerprint density at radius 3 is 2.69 bits per heavy atom. The summed E-state index contributed by atoms with van der Waals surface area (Å²) >= 11 is 0. The van der Waals surface area contributed by atoms with Crippen molar-refractivity contribution >= 4 is 11.6 Å². The van der Waals surface area contributed by atoms with Gasteiger partial charge in [0.2, 0.25) is 0 Å². The normalized spacial score (nSPS) is 9.50. The monoisotopic (exact) mass is 219 g/mol. The highest BCUT2D eigenvalue weighted by molar-refractivity contribution is 5.46. The number of aromatic nitrogens is 2. The summed E-state index contributed by atoms with van der Waals surface area (Å²) in [5.74, 6) is 1.47. The van der Waals surface area contributed by atoms with E-state index in [2.05, 4.69) is 27.5 Å². The Kier molecular flexibility index (Phi) is 5.71. The highest BCUT2D eigenvalue weighted by atomic mass is 15.1. The van der Waals surface area contributed by atoms with E-state index in [-0.39, 0.29) is 6.54 Å². The van der Waals surface area contributed by atoms with Gasteiger partial charge in [-0.15, -0.1) is 0 Å². The predicted molar refractivity (Wildman–Crippen MR) is 64.1 cm³/mol. The average molecular weight is 219 g/mol. The van der Waals surface area contributed by atoms with Crippen molar-refractivity contribution in [2.75, 3.05) is 23.7 Å². The zero-order valence-corrected chi connectivity index (χ0v) is 9.53. The third kappa shape index (κ3) is 4.60. The van der Waals surface area contributed by atoms with Crippen LogP contribution in [-0.4, -0.2) is 23.1 Å². The van der Waals surface area contributed by atoms with Crippen molar-refractivity contribution in [3.05, 3.63) is 12.4 Å². The number of unbranched alkanes of at least 4 members (excludes halogenated alkanes) is 2. The maximum atomic E-state index is 8.43. The molecule has 1 heterocycles. The van der Waals surface area contributed by atoms with E-state index < -0.39 is 0 Å². The first-order valence-corrected chi connectivity index (χ1v) is 5.53. The molecule has 5 nitrogen and oxygen atoms in total. The Labute approximate surface area is 95.9 Å². The summed E-state index contributed by atoms with van der Waals surface area (Å²) in [6.07, 6.45) is 5.06. The number of nitriles is 1. The Morgan fingerprint density at radius 1 is 1.25 bits per heavy atom.